The second kappa shape index (κ2) is 8.13. The molecule has 1 fully saturated rings. The first-order valence-corrected chi connectivity index (χ1v) is 10.1. The molecule has 10 heteroatoms. The van der Waals surface area contributed by atoms with Crippen molar-refractivity contribution in [2.75, 3.05) is 17.1 Å². The van der Waals surface area contributed by atoms with E-state index < -0.39 is 39.1 Å². The standard InChI is InChI=1S/C18H21FN4O4S/c1-11-16(17(24)20-14-5-3-4-12(19)10-14)18(22-21-11)28(25,26)23-13-6-8-15(27-2)9-7-13/h3-11,16,18,21-23H,1-2H3,(H,20,24). The highest BCUT2D eigenvalue weighted by Gasteiger charge is 2.46. The minimum absolute atomic E-state index is 0.253. The topological polar surface area (TPSA) is 109 Å². The fourth-order valence-corrected chi connectivity index (χ4v) is 4.53. The average molecular weight is 408 g/mol. The zero-order chi connectivity index (χ0) is 20.3. The smallest absolute Gasteiger partial charge is 0.250 e. The minimum Gasteiger partial charge on any atom is -0.497 e. The lowest BCUT2D eigenvalue weighted by Crippen LogP contribution is -2.45. The van der Waals surface area contributed by atoms with Crippen LogP contribution in [0.4, 0.5) is 15.8 Å². The summed E-state index contributed by atoms with van der Waals surface area (Å²) in [5.74, 6) is -1.40. The summed E-state index contributed by atoms with van der Waals surface area (Å²) in [6.45, 7) is 1.69. The van der Waals surface area contributed by atoms with Crippen LogP contribution in [-0.2, 0) is 14.8 Å². The van der Waals surface area contributed by atoms with Crippen molar-refractivity contribution in [1.29, 1.82) is 0 Å². The number of hydrazine groups is 1. The molecule has 1 saturated heterocycles. The molecule has 3 rings (SSSR count). The van der Waals surface area contributed by atoms with Crippen molar-refractivity contribution in [1.82, 2.24) is 10.9 Å². The third-order valence-electron chi connectivity index (χ3n) is 4.40. The van der Waals surface area contributed by atoms with Gasteiger partial charge in [0.2, 0.25) is 5.91 Å². The molecule has 1 heterocycles. The van der Waals surface area contributed by atoms with Gasteiger partial charge in [-0.1, -0.05) is 6.07 Å². The van der Waals surface area contributed by atoms with Crippen LogP contribution in [0.2, 0.25) is 0 Å². The number of benzene rings is 2. The first kappa shape index (κ1) is 20.1. The van der Waals surface area contributed by atoms with E-state index >= 15 is 0 Å². The van der Waals surface area contributed by atoms with Crippen molar-refractivity contribution in [3.63, 3.8) is 0 Å². The van der Waals surface area contributed by atoms with Gasteiger partial charge in [-0.05, 0) is 49.4 Å². The molecule has 0 spiro atoms. The number of amides is 1. The first-order valence-electron chi connectivity index (χ1n) is 8.53. The highest BCUT2D eigenvalue weighted by Crippen LogP contribution is 2.24. The number of anilines is 2. The Balaban J connectivity index is 1.77. The summed E-state index contributed by atoms with van der Waals surface area (Å²) in [6.07, 6.45) is 0. The Morgan fingerprint density at radius 1 is 1.11 bits per heavy atom. The monoisotopic (exact) mass is 408 g/mol. The van der Waals surface area contributed by atoms with Crippen molar-refractivity contribution in [3.05, 3.63) is 54.3 Å². The van der Waals surface area contributed by atoms with E-state index in [1.165, 1.54) is 25.3 Å². The van der Waals surface area contributed by atoms with Crippen LogP contribution in [-0.4, -0.2) is 32.9 Å². The van der Waals surface area contributed by atoms with Crippen LogP contribution in [0.15, 0.2) is 48.5 Å². The molecular formula is C18H21FN4O4S. The van der Waals surface area contributed by atoms with Crippen LogP contribution in [0.3, 0.4) is 0 Å². The van der Waals surface area contributed by atoms with Gasteiger partial charge in [0.05, 0.1) is 13.0 Å². The third kappa shape index (κ3) is 4.41. The molecule has 1 aliphatic rings. The van der Waals surface area contributed by atoms with Crippen molar-refractivity contribution in [2.45, 2.75) is 18.3 Å². The maximum Gasteiger partial charge on any atom is 0.250 e. The molecule has 1 amide bonds. The number of sulfonamides is 1. The predicted octanol–water partition coefficient (Wildman–Crippen LogP) is 1.65. The van der Waals surface area contributed by atoms with E-state index in [2.05, 4.69) is 20.9 Å². The van der Waals surface area contributed by atoms with E-state index in [1.807, 2.05) is 0 Å². The van der Waals surface area contributed by atoms with E-state index in [0.29, 0.717) is 11.4 Å². The van der Waals surface area contributed by atoms with Gasteiger partial charge in [-0.15, -0.1) is 0 Å². The second-order valence-corrected chi connectivity index (χ2v) is 8.20. The van der Waals surface area contributed by atoms with Crippen molar-refractivity contribution in [3.8, 4) is 5.75 Å². The quantitative estimate of drug-likeness (QED) is 0.579. The Kier molecular flexibility index (Phi) is 5.82. The number of nitrogens with one attached hydrogen (secondary N) is 4. The van der Waals surface area contributed by atoms with Crippen LogP contribution in [0.25, 0.3) is 0 Å². The average Bonchev–Trinajstić information content (AvgIpc) is 3.05. The lowest BCUT2D eigenvalue weighted by atomic mass is 10.0. The summed E-state index contributed by atoms with van der Waals surface area (Å²) in [6, 6.07) is 11.3. The summed E-state index contributed by atoms with van der Waals surface area (Å²) in [4.78, 5) is 12.7. The van der Waals surface area contributed by atoms with E-state index in [9.17, 15) is 17.6 Å². The molecule has 0 saturated carbocycles. The molecule has 0 radical (unpaired) electrons. The summed E-state index contributed by atoms with van der Waals surface area (Å²) in [5.41, 5.74) is 6.03. The SMILES string of the molecule is COc1ccc(NS(=O)(=O)C2NNC(C)C2C(=O)Nc2cccc(F)c2)cc1. The number of carbonyl (C=O) groups excluding carboxylic acids is 1. The highest BCUT2D eigenvalue weighted by molar-refractivity contribution is 7.93. The molecule has 3 atom stereocenters. The summed E-state index contributed by atoms with van der Waals surface area (Å²) in [7, 11) is -2.45. The fraction of sp³-hybridized carbons (Fsp3) is 0.278. The number of hydrogen-bond acceptors (Lipinski definition) is 6. The van der Waals surface area contributed by atoms with Gasteiger partial charge < -0.3 is 10.1 Å². The van der Waals surface area contributed by atoms with Gasteiger partial charge in [0.1, 0.15) is 11.6 Å². The minimum atomic E-state index is -3.96. The Labute approximate surface area is 162 Å². The zero-order valence-electron chi connectivity index (χ0n) is 15.3. The first-order chi connectivity index (χ1) is 13.3. The number of hydrogen-bond donors (Lipinski definition) is 4. The summed E-state index contributed by atoms with van der Waals surface area (Å²) < 4.78 is 46.5. The summed E-state index contributed by atoms with van der Waals surface area (Å²) >= 11 is 0. The van der Waals surface area contributed by atoms with E-state index in [4.69, 9.17) is 4.74 Å². The highest BCUT2D eigenvalue weighted by atomic mass is 32.2. The second-order valence-electron chi connectivity index (χ2n) is 6.40. The lowest BCUT2D eigenvalue weighted by Gasteiger charge is -2.21. The molecule has 4 N–H and O–H groups in total. The Morgan fingerprint density at radius 3 is 2.46 bits per heavy atom. The molecule has 150 valence electrons. The Morgan fingerprint density at radius 2 is 1.82 bits per heavy atom. The molecule has 8 nitrogen and oxygen atoms in total. The molecular weight excluding hydrogens is 387 g/mol. The largest absolute Gasteiger partial charge is 0.497 e. The van der Waals surface area contributed by atoms with Gasteiger partial charge in [0.15, 0.2) is 5.37 Å². The van der Waals surface area contributed by atoms with Gasteiger partial charge in [-0.25, -0.2) is 18.2 Å². The van der Waals surface area contributed by atoms with Gasteiger partial charge >= 0.3 is 0 Å². The van der Waals surface area contributed by atoms with E-state index in [-0.39, 0.29) is 5.69 Å². The number of halogens is 1. The van der Waals surface area contributed by atoms with Crippen LogP contribution in [0.5, 0.6) is 5.75 Å². The number of carbonyl (C=O) groups is 1. The van der Waals surface area contributed by atoms with Gasteiger partial charge in [-0.2, -0.15) is 0 Å². The molecule has 0 bridgehead atoms. The molecule has 0 aromatic heterocycles. The molecule has 0 aliphatic carbocycles. The van der Waals surface area contributed by atoms with Crippen molar-refractivity contribution >= 4 is 27.3 Å². The van der Waals surface area contributed by atoms with Crippen molar-refractivity contribution < 1.29 is 22.3 Å². The lowest BCUT2D eigenvalue weighted by molar-refractivity contribution is -0.119. The predicted molar refractivity (Wildman–Crippen MR) is 104 cm³/mol. The van der Waals surface area contributed by atoms with Gasteiger partial charge in [0, 0.05) is 17.4 Å². The molecule has 2 aromatic carbocycles. The third-order valence-corrected chi connectivity index (χ3v) is 6.00. The Hall–Kier alpha value is -2.69. The Bertz CT molecular complexity index is 952. The number of rotatable bonds is 6. The maximum absolute atomic E-state index is 13.3. The fourth-order valence-electron chi connectivity index (χ4n) is 2.97. The molecule has 3 unspecified atom stereocenters. The van der Waals surface area contributed by atoms with Gasteiger partial charge in [0.25, 0.3) is 10.0 Å². The van der Waals surface area contributed by atoms with Crippen LogP contribution in [0, 0.1) is 11.7 Å². The molecule has 2 aromatic rings. The maximum atomic E-state index is 13.3. The molecule has 28 heavy (non-hydrogen) atoms. The zero-order valence-corrected chi connectivity index (χ0v) is 16.1. The summed E-state index contributed by atoms with van der Waals surface area (Å²) in [5, 5.41) is 1.34. The number of methoxy groups -OCH3 is 1. The number of ether oxygens (including phenoxy) is 1. The van der Waals surface area contributed by atoms with Crippen LogP contribution < -0.4 is 25.6 Å². The van der Waals surface area contributed by atoms with Crippen molar-refractivity contribution in [2.24, 2.45) is 5.92 Å². The normalized spacial score (nSPS) is 21.9. The molecule has 1 aliphatic heterocycles. The van der Waals surface area contributed by atoms with Gasteiger partial charge in [-0.3, -0.25) is 14.9 Å². The van der Waals surface area contributed by atoms with Crippen LogP contribution >= 0.6 is 0 Å². The van der Waals surface area contributed by atoms with E-state index in [0.717, 1.165) is 6.07 Å². The van der Waals surface area contributed by atoms with E-state index in [1.54, 1.807) is 31.2 Å². The van der Waals surface area contributed by atoms with Crippen LogP contribution in [0.1, 0.15) is 6.92 Å².